The predicted octanol–water partition coefficient (Wildman–Crippen LogP) is 3.67. The fraction of sp³-hybridized carbons (Fsp3) is 0.917. The molecule has 0 heteroatoms. The van der Waals surface area contributed by atoms with E-state index < -0.39 is 0 Å². The summed E-state index contributed by atoms with van der Waals surface area (Å²) in [6, 6.07) is 0. The average Bonchev–Trinajstić information content (AvgIpc) is 2.34. The Morgan fingerprint density at radius 1 is 1.33 bits per heavy atom. The van der Waals surface area contributed by atoms with Crippen molar-refractivity contribution in [2.24, 2.45) is 22.7 Å². The molecule has 0 nitrogen and oxygen atoms in total. The standard InChI is InChI=1S/C12H21/c1-5-9-8-10-6-7-12(9,4)11(10,2)3/h9-10H,1,5-8H2,2-4H3/t9?,10-,12-/m1/s1. The molecule has 0 heterocycles. The summed E-state index contributed by atoms with van der Waals surface area (Å²) in [6.07, 6.45) is 5.52. The summed E-state index contributed by atoms with van der Waals surface area (Å²) >= 11 is 0. The zero-order valence-electron chi connectivity index (χ0n) is 8.69. The lowest BCUT2D eigenvalue weighted by Gasteiger charge is -2.39. The largest absolute Gasteiger partial charge is 0.0591 e. The minimum absolute atomic E-state index is 0.593. The molecule has 0 N–H and O–H groups in total. The highest BCUT2D eigenvalue weighted by molar-refractivity contribution is 5.09. The van der Waals surface area contributed by atoms with Crippen LogP contribution in [-0.4, -0.2) is 0 Å². The Kier molecular flexibility index (Phi) is 1.63. The predicted molar refractivity (Wildman–Crippen MR) is 52.7 cm³/mol. The van der Waals surface area contributed by atoms with Gasteiger partial charge in [0.2, 0.25) is 0 Å². The van der Waals surface area contributed by atoms with Gasteiger partial charge in [-0.25, -0.2) is 0 Å². The summed E-state index contributed by atoms with van der Waals surface area (Å²) < 4.78 is 0. The lowest BCUT2D eigenvalue weighted by molar-refractivity contribution is 0.104. The van der Waals surface area contributed by atoms with E-state index in [0.717, 1.165) is 18.3 Å². The Hall–Kier alpha value is 0. The minimum Gasteiger partial charge on any atom is -0.0591 e. The summed E-state index contributed by atoms with van der Waals surface area (Å²) in [7, 11) is 0. The molecule has 0 aromatic rings. The molecular formula is C12H21. The summed E-state index contributed by atoms with van der Waals surface area (Å²) in [5.74, 6) is 1.90. The molecule has 69 valence electrons. The molecule has 2 aliphatic rings. The lowest BCUT2D eigenvalue weighted by Crippen LogP contribution is -2.31. The normalized spacial score (nSPS) is 50.0. The van der Waals surface area contributed by atoms with Gasteiger partial charge < -0.3 is 0 Å². The van der Waals surface area contributed by atoms with Crippen LogP contribution in [0.15, 0.2) is 0 Å². The molecule has 0 saturated heterocycles. The highest BCUT2D eigenvalue weighted by Gasteiger charge is 2.60. The molecule has 3 atom stereocenters. The SMILES string of the molecule is [CH2]CC1C[C@H]2CC[C@@]1(C)C2(C)C. The van der Waals surface area contributed by atoms with Crippen LogP contribution in [0.3, 0.4) is 0 Å². The van der Waals surface area contributed by atoms with Crippen molar-refractivity contribution in [1.82, 2.24) is 0 Å². The Labute approximate surface area is 76.7 Å². The van der Waals surface area contributed by atoms with Crippen molar-refractivity contribution in [3.05, 3.63) is 6.92 Å². The fourth-order valence-corrected chi connectivity index (χ4v) is 3.81. The van der Waals surface area contributed by atoms with Crippen molar-refractivity contribution < 1.29 is 0 Å². The van der Waals surface area contributed by atoms with E-state index in [1.54, 1.807) is 0 Å². The van der Waals surface area contributed by atoms with Crippen molar-refractivity contribution in [2.75, 3.05) is 0 Å². The van der Waals surface area contributed by atoms with E-state index in [9.17, 15) is 0 Å². The second-order valence-corrected chi connectivity index (χ2v) is 5.60. The van der Waals surface area contributed by atoms with Gasteiger partial charge in [-0.1, -0.05) is 27.7 Å². The molecule has 0 amide bonds. The van der Waals surface area contributed by atoms with Gasteiger partial charge >= 0.3 is 0 Å². The van der Waals surface area contributed by atoms with Crippen LogP contribution >= 0.6 is 0 Å². The lowest BCUT2D eigenvalue weighted by atomic mass is 9.66. The molecule has 2 saturated carbocycles. The molecule has 12 heavy (non-hydrogen) atoms. The van der Waals surface area contributed by atoms with Crippen LogP contribution < -0.4 is 0 Å². The zero-order chi connectivity index (χ0) is 8.98. The number of fused-ring (bicyclic) bond motifs is 2. The first-order chi connectivity index (χ1) is 5.52. The number of hydrogen-bond acceptors (Lipinski definition) is 0. The van der Waals surface area contributed by atoms with Crippen molar-refractivity contribution >= 4 is 0 Å². The molecule has 2 fully saturated rings. The Balaban J connectivity index is 2.33. The van der Waals surface area contributed by atoms with Crippen LogP contribution in [0.5, 0.6) is 0 Å². The van der Waals surface area contributed by atoms with Crippen LogP contribution in [0, 0.1) is 29.6 Å². The van der Waals surface area contributed by atoms with Gasteiger partial charge in [0.25, 0.3) is 0 Å². The number of hydrogen-bond donors (Lipinski definition) is 0. The quantitative estimate of drug-likeness (QED) is 0.556. The number of rotatable bonds is 1. The minimum atomic E-state index is 0.593. The molecule has 1 unspecified atom stereocenters. The first-order valence-corrected chi connectivity index (χ1v) is 5.31. The highest BCUT2D eigenvalue weighted by Crippen LogP contribution is 2.68. The zero-order valence-corrected chi connectivity index (χ0v) is 8.69. The molecule has 2 rings (SSSR count). The summed E-state index contributed by atoms with van der Waals surface area (Å²) in [6.45, 7) is 11.5. The summed E-state index contributed by atoms with van der Waals surface area (Å²) in [5, 5.41) is 0. The van der Waals surface area contributed by atoms with E-state index in [0.29, 0.717) is 10.8 Å². The van der Waals surface area contributed by atoms with Gasteiger partial charge in [-0.3, -0.25) is 0 Å². The van der Waals surface area contributed by atoms with Gasteiger partial charge in [-0.15, -0.1) is 0 Å². The van der Waals surface area contributed by atoms with Crippen LogP contribution in [0.2, 0.25) is 0 Å². The molecule has 1 radical (unpaired) electrons. The van der Waals surface area contributed by atoms with Gasteiger partial charge in [0, 0.05) is 0 Å². The molecule has 0 aromatic carbocycles. The molecule has 0 spiro atoms. The van der Waals surface area contributed by atoms with Crippen LogP contribution in [-0.2, 0) is 0 Å². The summed E-state index contributed by atoms with van der Waals surface area (Å²) in [4.78, 5) is 0. The second kappa shape index (κ2) is 2.27. The Morgan fingerprint density at radius 3 is 2.25 bits per heavy atom. The third kappa shape index (κ3) is 0.744. The first kappa shape index (κ1) is 8.59. The van der Waals surface area contributed by atoms with Crippen molar-refractivity contribution in [3.8, 4) is 0 Å². The first-order valence-electron chi connectivity index (χ1n) is 5.31. The fourth-order valence-electron chi connectivity index (χ4n) is 3.81. The second-order valence-electron chi connectivity index (χ2n) is 5.60. The average molecular weight is 165 g/mol. The van der Waals surface area contributed by atoms with Crippen molar-refractivity contribution in [2.45, 2.75) is 46.5 Å². The molecule has 0 aliphatic heterocycles. The van der Waals surface area contributed by atoms with Gasteiger partial charge in [-0.05, 0) is 48.3 Å². The van der Waals surface area contributed by atoms with Gasteiger partial charge in [0.05, 0.1) is 0 Å². The third-order valence-electron chi connectivity index (χ3n) is 5.32. The smallest absolute Gasteiger partial charge is 0.0243 e. The summed E-state index contributed by atoms with van der Waals surface area (Å²) in [5.41, 5.74) is 1.20. The third-order valence-corrected chi connectivity index (χ3v) is 5.32. The molecule has 2 aliphatic carbocycles. The Bertz CT molecular complexity index is 192. The van der Waals surface area contributed by atoms with Gasteiger partial charge in [0.15, 0.2) is 0 Å². The Morgan fingerprint density at radius 2 is 2.00 bits per heavy atom. The van der Waals surface area contributed by atoms with E-state index in [-0.39, 0.29) is 0 Å². The van der Waals surface area contributed by atoms with Crippen molar-refractivity contribution in [1.29, 1.82) is 0 Å². The maximum absolute atomic E-state index is 4.10. The molecular weight excluding hydrogens is 144 g/mol. The van der Waals surface area contributed by atoms with Crippen molar-refractivity contribution in [3.63, 3.8) is 0 Å². The molecule has 0 aromatic heterocycles. The van der Waals surface area contributed by atoms with Gasteiger partial charge in [0.1, 0.15) is 0 Å². The van der Waals surface area contributed by atoms with Crippen LogP contribution in [0.4, 0.5) is 0 Å². The molecule has 2 bridgehead atoms. The highest BCUT2D eigenvalue weighted by atomic mass is 14.6. The topological polar surface area (TPSA) is 0 Å². The van der Waals surface area contributed by atoms with E-state index in [1.807, 2.05) is 0 Å². The van der Waals surface area contributed by atoms with Gasteiger partial charge in [-0.2, -0.15) is 0 Å². The van der Waals surface area contributed by atoms with E-state index >= 15 is 0 Å². The maximum Gasteiger partial charge on any atom is -0.0243 e. The van der Waals surface area contributed by atoms with Crippen LogP contribution in [0.1, 0.15) is 46.5 Å². The maximum atomic E-state index is 4.10. The van der Waals surface area contributed by atoms with E-state index in [2.05, 4.69) is 27.7 Å². The van der Waals surface area contributed by atoms with Crippen LogP contribution in [0.25, 0.3) is 0 Å². The van der Waals surface area contributed by atoms with E-state index in [1.165, 1.54) is 19.3 Å². The monoisotopic (exact) mass is 165 g/mol. The van der Waals surface area contributed by atoms with E-state index in [4.69, 9.17) is 0 Å².